The van der Waals surface area contributed by atoms with E-state index in [1.54, 1.807) is 12.1 Å². The van der Waals surface area contributed by atoms with Crippen molar-refractivity contribution in [2.24, 2.45) is 0 Å². The first kappa shape index (κ1) is 13.6. The first-order valence-electron chi connectivity index (χ1n) is 6.56. The number of fused-ring (bicyclic) bond motifs is 3. The van der Waals surface area contributed by atoms with Gasteiger partial charge in [0.05, 0.1) is 25.3 Å². The SMILES string of the molecule is [C-]#[N+]/C(C#N)=C1/c2ccccc2-c2c(C(=O)OC)cccc21. The highest BCUT2D eigenvalue weighted by Gasteiger charge is 2.29. The fourth-order valence-electron chi connectivity index (χ4n) is 2.79. The molecular weight excluding hydrogens is 276 g/mol. The van der Waals surface area contributed by atoms with E-state index in [0.717, 1.165) is 22.3 Å². The van der Waals surface area contributed by atoms with E-state index >= 15 is 0 Å². The van der Waals surface area contributed by atoms with E-state index in [2.05, 4.69) is 4.85 Å². The molecule has 4 nitrogen and oxygen atoms in total. The molecule has 0 bridgehead atoms. The summed E-state index contributed by atoms with van der Waals surface area (Å²) in [4.78, 5) is 15.4. The Bertz CT molecular complexity index is 895. The van der Waals surface area contributed by atoms with E-state index in [4.69, 9.17) is 11.3 Å². The standard InChI is InChI=1S/C18H10N2O2/c1-20-15(10-19)17-12-7-4-3-6-11(12)16-13(17)8-5-9-14(16)18(21)22-2/h3-9H,2H3/b17-15-. The molecule has 0 saturated heterocycles. The van der Waals surface area contributed by atoms with Gasteiger partial charge in [0, 0.05) is 11.1 Å². The van der Waals surface area contributed by atoms with E-state index in [0.29, 0.717) is 11.1 Å². The lowest BCUT2D eigenvalue weighted by atomic mass is 9.99. The van der Waals surface area contributed by atoms with Crippen LogP contribution >= 0.6 is 0 Å². The number of carbonyl (C=O) groups excluding carboxylic acids is 1. The number of rotatable bonds is 1. The maximum atomic E-state index is 12.0. The summed E-state index contributed by atoms with van der Waals surface area (Å²) in [6, 6.07) is 14.6. The molecule has 3 rings (SSSR count). The Morgan fingerprint density at radius 3 is 2.45 bits per heavy atom. The average molecular weight is 286 g/mol. The number of benzene rings is 2. The summed E-state index contributed by atoms with van der Waals surface area (Å²) in [5.41, 5.74) is 4.10. The minimum Gasteiger partial charge on any atom is -0.465 e. The molecule has 0 aromatic heterocycles. The van der Waals surface area contributed by atoms with Gasteiger partial charge in [0.2, 0.25) is 0 Å². The van der Waals surface area contributed by atoms with Gasteiger partial charge in [-0.1, -0.05) is 36.4 Å². The Balaban J connectivity index is 2.46. The Hall–Kier alpha value is -3.37. The molecule has 0 heterocycles. The van der Waals surface area contributed by atoms with Crippen molar-refractivity contribution in [3.63, 3.8) is 0 Å². The number of esters is 1. The predicted molar refractivity (Wildman–Crippen MR) is 81.5 cm³/mol. The summed E-state index contributed by atoms with van der Waals surface area (Å²) in [5.74, 6) is -0.436. The third-order valence-electron chi connectivity index (χ3n) is 3.66. The lowest BCUT2D eigenvalue weighted by molar-refractivity contribution is 0.0601. The van der Waals surface area contributed by atoms with Crippen LogP contribution in [0.15, 0.2) is 48.2 Å². The topological polar surface area (TPSA) is 54.5 Å². The monoisotopic (exact) mass is 286 g/mol. The van der Waals surface area contributed by atoms with E-state index in [-0.39, 0.29) is 5.70 Å². The van der Waals surface area contributed by atoms with Crippen LogP contribution in [-0.4, -0.2) is 13.1 Å². The van der Waals surface area contributed by atoms with Crippen molar-refractivity contribution in [1.82, 2.24) is 0 Å². The zero-order valence-electron chi connectivity index (χ0n) is 11.8. The third kappa shape index (κ3) is 1.79. The smallest absolute Gasteiger partial charge is 0.338 e. The van der Waals surface area contributed by atoms with Crippen molar-refractivity contribution in [2.75, 3.05) is 7.11 Å². The number of nitrogens with zero attached hydrogens (tertiary/aromatic N) is 2. The highest BCUT2D eigenvalue weighted by Crippen LogP contribution is 2.47. The van der Waals surface area contributed by atoms with Gasteiger partial charge in [0.15, 0.2) is 0 Å². The van der Waals surface area contributed by atoms with Crippen LogP contribution in [0.4, 0.5) is 0 Å². The van der Waals surface area contributed by atoms with Crippen LogP contribution in [0.1, 0.15) is 21.5 Å². The summed E-state index contributed by atoms with van der Waals surface area (Å²) >= 11 is 0. The lowest BCUT2D eigenvalue weighted by Gasteiger charge is -2.07. The summed E-state index contributed by atoms with van der Waals surface area (Å²) in [6.07, 6.45) is 0. The summed E-state index contributed by atoms with van der Waals surface area (Å²) in [6.45, 7) is 7.23. The molecule has 0 spiro atoms. The Kier molecular flexibility index (Phi) is 3.21. The number of hydrogen-bond donors (Lipinski definition) is 0. The predicted octanol–water partition coefficient (Wildman–Crippen LogP) is 3.66. The Labute approximate surface area is 127 Å². The zero-order valence-corrected chi connectivity index (χ0v) is 11.8. The molecular formula is C18H10N2O2. The van der Waals surface area contributed by atoms with Crippen LogP contribution in [0.3, 0.4) is 0 Å². The normalized spacial score (nSPS) is 13.4. The van der Waals surface area contributed by atoms with E-state index in [9.17, 15) is 10.1 Å². The van der Waals surface area contributed by atoms with Crippen LogP contribution in [0.2, 0.25) is 0 Å². The van der Waals surface area contributed by atoms with E-state index in [1.165, 1.54) is 7.11 Å². The van der Waals surface area contributed by atoms with Crippen LogP contribution in [0.25, 0.3) is 21.5 Å². The quantitative estimate of drug-likeness (QED) is 0.390. The number of allylic oxidation sites excluding steroid dienone is 1. The van der Waals surface area contributed by atoms with Crippen LogP contribution < -0.4 is 0 Å². The summed E-state index contributed by atoms with van der Waals surface area (Å²) < 4.78 is 4.84. The molecule has 0 radical (unpaired) electrons. The van der Waals surface area contributed by atoms with Crippen LogP contribution in [0.5, 0.6) is 0 Å². The van der Waals surface area contributed by atoms with Crippen LogP contribution in [-0.2, 0) is 4.74 Å². The maximum absolute atomic E-state index is 12.0. The van der Waals surface area contributed by atoms with Gasteiger partial charge < -0.3 is 4.74 Å². The van der Waals surface area contributed by atoms with Gasteiger partial charge >= 0.3 is 5.97 Å². The molecule has 0 unspecified atom stereocenters. The molecule has 0 saturated carbocycles. The lowest BCUT2D eigenvalue weighted by Crippen LogP contribution is -2.03. The second-order valence-corrected chi connectivity index (χ2v) is 4.71. The van der Waals surface area contributed by atoms with Gasteiger partial charge in [-0.15, -0.1) is 0 Å². The first-order chi connectivity index (χ1) is 10.7. The largest absolute Gasteiger partial charge is 0.465 e. The van der Waals surface area contributed by atoms with Crippen molar-refractivity contribution in [3.8, 4) is 17.2 Å². The minimum absolute atomic E-state index is 0.0215. The molecule has 104 valence electrons. The van der Waals surface area contributed by atoms with Gasteiger partial charge in [-0.3, -0.25) is 0 Å². The highest BCUT2D eigenvalue weighted by molar-refractivity contribution is 6.10. The summed E-state index contributed by atoms with van der Waals surface area (Å²) in [5, 5.41) is 9.25. The number of carbonyl (C=O) groups is 1. The Morgan fingerprint density at radius 2 is 1.82 bits per heavy atom. The second-order valence-electron chi connectivity index (χ2n) is 4.71. The number of methoxy groups -OCH3 is 1. The fraction of sp³-hybridized carbons (Fsp3) is 0.0556. The molecule has 0 fully saturated rings. The van der Waals surface area contributed by atoms with Crippen molar-refractivity contribution >= 4 is 11.5 Å². The maximum Gasteiger partial charge on any atom is 0.338 e. The number of nitriles is 1. The molecule has 0 aliphatic heterocycles. The average Bonchev–Trinajstić information content (AvgIpc) is 2.90. The molecule has 4 heteroatoms. The second kappa shape index (κ2) is 5.20. The van der Waals surface area contributed by atoms with Gasteiger partial charge in [0.25, 0.3) is 5.70 Å². The zero-order chi connectivity index (χ0) is 15.7. The van der Waals surface area contributed by atoms with E-state index < -0.39 is 5.97 Å². The molecule has 0 N–H and O–H groups in total. The third-order valence-corrected chi connectivity index (χ3v) is 3.66. The molecule has 2 aromatic carbocycles. The molecule has 1 aliphatic carbocycles. The molecule has 1 aliphatic rings. The minimum atomic E-state index is -0.436. The van der Waals surface area contributed by atoms with Crippen molar-refractivity contribution in [2.45, 2.75) is 0 Å². The number of hydrogen-bond acceptors (Lipinski definition) is 3. The molecule has 2 aromatic rings. The highest BCUT2D eigenvalue weighted by atomic mass is 16.5. The van der Waals surface area contributed by atoms with Gasteiger partial charge in [-0.2, -0.15) is 0 Å². The van der Waals surface area contributed by atoms with Gasteiger partial charge in [-0.25, -0.2) is 14.9 Å². The molecule has 0 amide bonds. The van der Waals surface area contributed by atoms with Crippen LogP contribution in [0, 0.1) is 17.9 Å². The molecule has 22 heavy (non-hydrogen) atoms. The fourth-order valence-corrected chi connectivity index (χ4v) is 2.79. The van der Waals surface area contributed by atoms with Crippen molar-refractivity contribution < 1.29 is 9.53 Å². The molecule has 0 atom stereocenters. The van der Waals surface area contributed by atoms with Crippen molar-refractivity contribution in [1.29, 1.82) is 5.26 Å². The van der Waals surface area contributed by atoms with E-state index in [1.807, 2.05) is 36.4 Å². The van der Waals surface area contributed by atoms with Gasteiger partial charge in [0.1, 0.15) is 0 Å². The summed E-state index contributed by atoms with van der Waals surface area (Å²) in [7, 11) is 1.33. The number of ether oxygens (including phenoxy) is 1. The van der Waals surface area contributed by atoms with Crippen molar-refractivity contribution in [3.05, 3.63) is 76.3 Å². The van der Waals surface area contributed by atoms with Gasteiger partial charge in [-0.05, 0) is 22.8 Å². The Morgan fingerprint density at radius 1 is 1.14 bits per heavy atom. The first-order valence-corrected chi connectivity index (χ1v) is 6.56.